The highest BCUT2D eigenvalue weighted by molar-refractivity contribution is 14.0. The monoisotopic (exact) mass is 535 g/mol. The van der Waals surface area contributed by atoms with Gasteiger partial charge in [0, 0.05) is 39.0 Å². The minimum Gasteiger partial charge on any atom is -0.491 e. The largest absolute Gasteiger partial charge is 0.491 e. The highest BCUT2D eigenvalue weighted by Crippen LogP contribution is 2.21. The molecule has 2 rings (SSSR count). The van der Waals surface area contributed by atoms with Crippen molar-refractivity contribution in [2.24, 2.45) is 4.99 Å². The molecule has 1 heterocycles. The maximum Gasteiger partial charge on any atom is 0.191 e. The second-order valence-corrected chi connectivity index (χ2v) is 7.14. The smallest absolute Gasteiger partial charge is 0.191 e. The van der Waals surface area contributed by atoms with E-state index in [0.717, 1.165) is 68.4 Å². The van der Waals surface area contributed by atoms with E-state index in [0.29, 0.717) is 26.4 Å². The van der Waals surface area contributed by atoms with Crippen LogP contribution in [-0.4, -0.2) is 65.3 Å². The van der Waals surface area contributed by atoms with Crippen molar-refractivity contribution >= 4 is 29.9 Å². The van der Waals surface area contributed by atoms with Crippen LogP contribution in [0.15, 0.2) is 23.2 Å². The fourth-order valence-corrected chi connectivity index (χ4v) is 3.04. The van der Waals surface area contributed by atoms with Crippen molar-refractivity contribution in [2.45, 2.75) is 45.8 Å². The van der Waals surface area contributed by atoms with Crippen LogP contribution in [0.25, 0.3) is 0 Å². The molecule has 1 aromatic rings. The predicted molar refractivity (Wildman–Crippen MR) is 131 cm³/mol. The van der Waals surface area contributed by atoms with E-state index in [4.69, 9.17) is 23.9 Å². The van der Waals surface area contributed by atoms with Gasteiger partial charge >= 0.3 is 0 Å². The van der Waals surface area contributed by atoms with Crippen molar-refractivity contribution in [3.63, 3.8) is 0 Å². The first-order valence-electron chi connectivity index (χ1n) is 10.7. The van der Waals surface area contributed by atoms with Crippen LogP contribution in [0.5, 0.6) is 5.75 Å². The molecule has 1 aliphatic heterocycles. The Bertz CT molecular complexity index is 610. The molecular formula is C22H38IN3O4. The van der Waals surface area contributed by atoms with Gasteiger partial charge in [-0.15, -0.1) is 24.0 Å². The molecule has 2 N–H and O–H groups in total. The number of nitrogens with one attached hydrogen (secondary N) is 2. The fraction of sp³-hybridized carbons (Fsp3) is 0.682. The SMILES string of the molecule is CCNC(=NCc1ccc(C)cc1OCCOC)NCCCOCC1CCCO1.I. The Hall–Kier alpha value is -1.10. The Kier molecular flexibility index (Phi) is 14.9. The topological polar surface area (TPSA) is 73.3 Å². The lowest BCUT2D eigenvalue weighted by Crippen LogP contribution is -2.38. The molecule has 0 aliphatic carbocycles. The van der Waals surface area contributed by atoms with Crippen LogP contribution in [0, 0.1) is 6.92 Å². The highest BCUT2D eigenvalue weighted by atomic mass is 127. The van der Waals surface area contributed by atoms with Crippen molar-refractivity contribution < 1.29 is 18.9 Å². The lowest BCUT2D eigenvalue weighted by molar-refractivity contribution is 0.0168. The van der Waals surface area contributed by atoms with Gasteiger partial charge in [0.1, 0.15) is 12.4 Å². The fourth-order valence-electron chi connectivity index (χ4n) is 3.04. The van der Waals surface area contributed by atoms with Crippen molar-refractivity contribution in [3.8, 4) is 5.75 Å². The summed E-state index contributed by atoms with van der Waals surface area (Å²) in [5, 5.41) is 6.66. The molecule has 7 nitrogen and oxygen atoms in total. The molecule has 172 valence electrons. The molecule has 0 bridgehead atoms. The quantitative estimate of drug-likeness (QED) is 0.175. The van der Waals surface area contributed by atoms with E-state index < -0.39 is 0 Å². The summed E-state index contributed by atoms with van der Waals surface area (Å²) in [5.74, 6) is 1.67. The number of nitrogens with zero attached hydrogens (tertiary/aromatic N) is 1. The van der Waals surface area contributed by atoms with E-state index in [-0.39, 0.29) is 30.1 Å². The molecule has 8 heteroatoms. The average Bonchev–Trinajstić information content (AvgIpc) is 3.23. The van der Waals surface area contributed by atoms with Gasteiger partial charge in [0.25, 0.3) is 0 Å². The molecule has 1 saturated heterocycles. The lowest BCUT2D eigenvalue weighted by atomic mass is 10.1. The number of halogens is 1. The van der Waals surface area contributed by atoms with Crippen LogP contribution < -0.4 is 15.4 Å². The second-order valence-electron chi connectivity index (χ2n) is 7.14. The summed E-state index contributed by atoms with van der Waals surface area (Å²) in [6.45, 7) is 9.68. The standard InChI is InChI=1S/C22H37N3O4.HI/c1-4-23-22(24-10-6-11-27-17-20-7-5-12-28-20)25-16-19-9-8-18(2)15-21(19)29-14-13-26-3;/h8-9,15,20H,4-7,10-14,16-17H2,1-3H3,(H2,23,24,25);1H. The molecular weight excluding hydrogens is 497 g/mol. The first kappa shape index (κ1) is 26.9. The van der Waals surface area contributed by atoms with Gasteiger partial charge in [-0.05, 0) is 44.7 Å². The highest BCUT2D eigenvalue weighted by Gasteiger charge is 2.14. The Balaban J connectivity index is 0.00000450. The van der Waals surface area contributed by atoms with E-state index in [9.17, 15) is 0 Å². The Morgan fingerprint density at radius 2 is 2.10 bits per heavy atom. The van der Waals surface area contributed by atoms with Crippen LogP contribution in [-0.2, 0) is 20.8 Å². The maximum absolute atomic E-state index is 5.86. The zero-order chi connectivity index (χ0) is 20.7. The lowest BCUT2D eigenvalue weighted by Gasteiger charge is -2.14. The minimum atomic E-state index is 0. The number of aliphatic imine (C=N–C) groups is 1. The van der Waals surface area contributed by atoms with E-state index in [1.54, 1.807) is 7.11 Å². The normalized spacial score (nSPS) is 16.2. The van der Waals surface area contributed by atoms with Gasteiger partial charge in [0.15, 0.2) is 5.96 Å². The summed E-state index contributed by atoms with van der Waals surface area (Å²) in [6, 6.07) is 6.20. The van der Waals surface area contributed by atoms with Crippen LogP contribution in [0.3, 0.4) is 0 Å². The summed E-state index contributed by atoms with van der Waals surface area (Å²) >= 11 is 0. The van der Waals surface area contributed by atoms with Gasteiger partial charge in [-0.3, -0.25) is 0 Å². The predicted octanol–water partition coefficient (Wildman–Crippen LogP) is 3.28. The van der Waals surface area contributed by atoms with Gasteiger partial charge < -0.3 is 29.6 Å². The number of hydrogen-bond acceptors (Lipinski definition) is 5. The number of rotatable bonds is 13. The number of methoxy groups -OCH3 is 1. The number of ether oxygens (including phenoxy) is 4. The van der Waals surface area contributed by atoms with E-state index in [2.05, 4.69) is 36.6 Å². The zero-order valence-corrected chi connectivity index (χ0v) is 20.9. The van der Waals surface area contributed by atoms with Crippen molar-refractivity contribution in [3.05, 3.63) is 29.3 Å². The Morgan fingerprint density at radius 1 is 1.23 bits per heavy atom. The first-order valence-corrected chi connectivity index (χ1v) is 10.7. The van der Waals surface area contributed by atoms with Crippen molar-refractivity contribution in [1.82, 2.24) is 10.6 Å². The second kappa shape index (κ2) is 16.6. The Labute approximate surface area is 198 Å². The molecule has 1 aliphatic rings. The van der Waals surface area contributed by atoms with Crippen LogP contribution >= 0.6 is 24.0 Å². The van der Waals surface area contributed by atoms with Gasteiger partial charge in [0.2, 0.25) is 0 Å². The molecule has 30 heavy (non-hydrogen) atoms. The molecule has 1 atom stereocenters. The van der Waals surface area contributed by atoms with Crippen molar-refractivity contribution in [2.75, 3.05) is 53.2 Å². The molecule has 1 aromatic carbocycles. The third kappa shape index (κ3) is 10.8. The van der Waals surface area contributed by atoms with Gasteiger partial charge in [-0.1, -0.05) is 12.1 Å². The molecule has 1 unspecified atom stereocenters. The number of hydrogen-bond donors (Lipinski definition) is 2. The van der Waals surface area contributed by atoms with E-state index in [1.807, 2.05) is 6.07 Å². The molecule has 1 fully saturated rings. The van der Waals surface area contributed by atoms with Crippen LogP contribution in [0.1, 0.15) is 37.3 Å². The minimum absolute atomic E-state index is 0. The molecule has 0 amide bonds. The van der Waals surface area contributed by atoms with E-state index in [1.165, 1.54) is 0 Å². The summed E-state index contributed by atoms with van der Waals surface area (Å²) in [5.41, 5.74) is 2.22. The van der Waals surface area contributed by atoms with Gasteiger partial charge in [-0.2, -0.15) is 0 Å². The summed E-state index contributed by atoms with van der Waals surface area (Å²) < 4.78 is 22.2. The summed E-state index contributed by atoms with van der Waals surface area (Å²) in [6.07, 6.45) is 3.48. The number of aryl methyl sites for hydroxylation is 1. The first-order chi connectivity index (χ1) is 14.2. The summed E-state index contributed by atoms with van der Waals surface area (Å²) in [4.78, 5) is 4.71. The van der Waals surface area contributed by atoms with E-state index >= 15 is 0 Å². The average molecular weight is 535 g/mol. The molecule has 0 saturated carbocycles. The number of guanidine groups is 1. The van der Waals surface area contributed by atoms with Gasteiger partial charge in [-0.25, -0.2) is 4.99 Å². The van der Waals surface area contributed by atoms with Crippen molar-refractivity contribution in [1.29, 1.82) is 0 Å². The summed E-state index contributed by atoms with van der Waals surface area (Å²) in [7, 11) is 1.67. The third-order valence-electron chi connectivity index (χ3n) is 4.61. The zero-order valence-electron chi connectivity index (χ0n) is 18.6. The van der Waals surface area contributed by atoms with Crippen LogP contribution in [0.2, 0.25) is 0 Å². The number of benzene rings is 1. The van der Waals surface area contributed by atoms with Gasteiger partial charge in [0.05, 0.1) is 25.9 Å². The third-order valence-corrected chi connectivity index (χ3v) is 4.61. The maximum atomic E-state index is 5.86. The van der Waals surface area contributed by atoms with Crippen LogP contribution in [0.4, 0.5) is 0 Å². The molecule has 0 radical (unpaired) electrons. The Morgan fingerprint density at radius 3 is 2.83 bits per heavy atom. The molecule has 0 spiro atoms. The molecule has 0 aromatic heterocycles.